The first-order valence-electron chi connectivity index (χ1n) is 6.24. The molecule has 0 aromatic heterocycles. The van der Waals surface area contributed by atoms with Gasteiger partial charge in [0.15, 0.2) is 0 Å². The molecule has 21 heavy (non-hydrogen) atoms. The Kier molecular flexibility index (Phi) is 5.16. The number of halogens is 2. The molecule has 0 bridgehead atoms. The van der Waals surface area contributed by atoms with Crippen LogP contribution in [0.5, 0.6) is 0 Å². The Morgan fingerprint density at radius 1 is 1.19 bits per heavy atom. The van der Waals surface area contributed by atoms with Crippen LogP contribution in [0.15, 0.2) is 47.4 Å². The van der Waals surface area contributed by atoms with E-state index in [0.29, 0.717) is 16.1 Å². The Morgan fingerprint density at radius 2 is 1.95 bits per heavy atom. The zero-order chi connectivity index (χ0) is 15.2. The van der Waals surface area contributed by atoms with E-state index in [2.05, 4.69) is 5.32 Å². The van der Waals surface area contributed by atoms with Gasteiger partial charge in [0, 0.05) is 22.7 Å². The molecule has 3 nitrogen and oxygen atoms in total. The quantitative estimate of drug-likeness (QED) is 0.659. The fourth-order valence-corrected chi connectivity index (χ4v) is 2.46. The van der Waals surface area contributed by atoms with Crippen LogP contribution in [0.4, 0.5) is 14.5 Å². The Balaban J connectivity index is 1.84. The van der Waals surface area contributed by atoms with Gasteiger partial charge in [0.1, 0.15) is 11.6 Å². The molecule has 0 atom stereocenters. The highest BCUT2D eigenvalue weighted by molar-refractivity contribution is 8.00. The summed E-state index contributed by atoms with van der Waals surface area (Å²) in [4.78, 5) is 12.3. The molecule has 0 saturated carbocycles. The molecule has 0 spiro atoms. The van der Waals surface area contributed by atoms with Crippen LogP contribution in [0, 0.1) is 11.6 Å². The molecule has 3 N–H and O–H groups in total. The van der Waals surface area contributed by atoms with E-state index in [1.54, 1.807) is 18.2 Å². The van der Waals surface area contributed by atoms with E-state index >= 15 is 0 Å². The third kappa shape index (κ3) is 4.46. The minimum atomic E-state index is -0.416. The average Bonchev–Trinajstić information content (AvgIpc) is 2.45. The van der Waals surface area contributed by atoms with Gasteiger partial charge in [0.25, 0.3) is 0 Å². The van der Waals surface area contributed by atoms with Crippen molar-refractivity contribution in [3.05, 3.63) is 59.7 Å². The molecule has 0 aliphatic heterocycles. The first-order valence-corrected chi connectivity index (χ1v) is 7.23. The number of amides is 1. The number of benzene rings is 2. The molecule has 0 unspecified atom stereocenters. The second-order valence-electron chi connectivity index (χ2n) is 4.34. The van der Waals surface area contributed by atoms with Crippen molar-refractivity contribution in [1.82, 2.24) is 5.32 Å². The van der Waals surface area contributed by atoms with Crippen LogP contribution in [0.25, 0.3) is 0 Å². The van der Waals surface area contributed by atoms with Crippen LogP contribution in [-0.4, -0.2) is 11.7 Å². The molecule has 0 aliphatic rings. The highest BCUT2D eigenvalue weighted by atomic mass is 32.2. The van der Waals surface area contributed by atoms with Crippen LogP contribution >= 0.6 is 11.8 Å². The number of carbonyl (C=O) groups excluding carboxylic acids is 1. The van der Waals surface area contributed by atoms with E-state index in [9.17, 15) is 13.6 Å². The van der Waals surface area contributed by atoms with Crippen molar-refractivity contribution in [3.8, 4) is 0 Å². The number of nitrogen functional groups attached to an aromatic ring is 1. The SMILES string of the molecule is Nc1cc(F)ccc1SCC(=O)NCc1ccccc1F. The van der Waals surface area contributed by atoms with Gasteiger partial charge >= 0.3 is 0 Å². The number of carbonyl (C=O) groups is 1. The van der Waals surface area contributed by atoms with Gasteiger partial charge in [-0.05, 0) is 24.3 Å². The van der Waals surface area contributed by atoms with Crippen LogP contribution in [-0.2, 0) is 11.3 Å². The van der Waals surface area contributed by atoms with Gasteiger partial charge in [-0.1, -0.05) is 18.2 Å². The van der Waals surface area contributed by atoms with Crippen molar-refractivity contribution in [3.63, 3.8) is 0 Å². The summed E-state index contributed by atoms with van der Waals surface area (Å²) in [5.74, 6) is -0.884. The number of nitrogens with two attached hydrogens (primary N) is 1. The minimum absolute atomic E-state index is 0.129. The molecule has 6 heteroatoms. The predicted octanol–water partition coefficient (Wildman–Crippen LogP) is 2.96. The molecule has 2 aromatic carbocycles. The maximum absolute atomic E-state index is 13.4. The monoisotopic (exact) mass is 308 g/mol. The number of hydrogen-bond donors (Lipinski definition) is 2. The maximum Gasteiger partial charge on any atom is 0.230 e. The second-order valence-corrected chi connectivity index (χ2v) is 5.36. The van der Waals surface area contributed by atoms with Crippen LogP contribution in [0.3, 0.4) is 0 Å². The lowest BCUT2D eigenvalue weighted by Crippen LogP contribution is -2.25. The van der Waals surface area contributed by atoms with Gasteiger partial charge < -0.3 is 11.1 Å². The van der Waals surface area contributed by atoms with Gasteiger partial charge in [-0.25, -0.2) is 8.78 Å². The smallest absolute Gasteiger partial charge is 0.230 e. The lowest BCUT2D eigenvalue weighted by atomic mass is 10.2. The van der Waals surface area contributed by atoms with E-state index < -0.39 is 5.82 Å². The van der Waals surface area contributed by atoms with Gasteiger partial charge in [-0.3, -0.25) is 4.79 Å². The molecule has 0 saturated heterocycles. The first-order chi connectivity index (χ1) is 10.1. The molecule has 2 rings (SSSR count). The molecule has 110 valence electrons. The summed E-state index contributed by atoms with van der Waals surface area (Å²) in [5.41, 5.74) is 6.37. The predicted molar refractivity (Wildman–Crippen MR) is 79.8 cm³/mol. The lowest BCUT2D eigenvalue weighted by Gasteiger charge is -2.07. The van der Waals surface area contributed by atoms with E-state index in [0.717, 1.165) is 0 Å². The number of anilines is 1. The highest BCUT2D eigenvalue weighted by Gasteiger charge is 2.07. The third-order valence-corrected chi connectivity index (χ3v) is 3.85. The zero-order valence-corrected chi connectivity index (χ0v) is 11.9. The molecule has 0 fully saturated rings. The van der Waals surface area contributed by atoms with Crippen molar-refractivity contribution in [2.45, 2.75) is 11.4 Å². The van der Waals surface area contributed by atoms with E-state index in [-0.39, 0.29) is 24.0 Å². The lowest BCUT2D eigenvalue weighted by molar-refractivity contribution is -0.118. The Morgan fingerprint density at radius 3 is 2.67 bits per heavy atom. The Bertz CT molecular complexity index is 649. The third-order valence-electron chi connectivity index (χ3n) is 2.76. The minimum Gasteiger partial charge on any atom is -0.398 e. The average molecular weight is 308 g/mol. The molecule has 0 radical (unpaired) electrons. The van der Waals surface area contributed by atoms with E-state index in [4.69, 9.17) is 5.73 Å². The van der Waals surface area contributed by atoms with Crippen molar-refractivity contribution < 1.29 is 13.6 Å². The summed E-state index contributed by atoms with van der Waals surface area (Å²) in [5, 5.41) is 2.63. The van der Waals surface area contributed by atoms with E-state index in [1.807, 2.05) is 0 Å². The highest BCUT2D eigenvalue weighted by Crippen LogP contribution is 2.25. The summed E-state index contributed by atoms with van der Waals surface area (Å²) < 4.78 is 26.3. The number of hydrogen-bond acceptors (Lipinski definition) is 3. The fourth-order valence-electron chi connectivity index (χ4n) is 1.68. The molecule has 2 aromatic rings. The Hall–Kier alpha value is -2.08. The van der Waals surface area contributed by atoms with Crippen LogP contribution in [0.2, 0.25) is 0 Å². The summed E-state index contributed by atoms with van der Waals surface area (Å²) in [6, 6.07) is 10.3. The van der Waals surface area contributed by atoms with Crippen molar-refractivity contribution in [1.29, 1.82) is 0 Å². The standard InChI is InChI=1S/C15H14F2N2OS/c16-11-5-6-14(13(18)7-11)21-9-15(20)19-8-10-3-1-2-4-12(10)17/h1-7H,8-9,18H2,(H,19,20). The Labute approximate surface area is 125 Å². The molecule has 0 aliphatic carbocycles. The van der Waals surface area contributed by atoms with Crippen LogP contribution in [0.1, 0.15) is 5.56 Å². The summed E-state index contributed by atoms with van der Waals surface area (Å²) >= 11 is 1.21. The van der Waals surface area contributed by atoms with Gasteiger partial charge in [-0.2, -0.15) is 0 Å². The van der Waals surface area contributed by atoms with Crippen molar-refractivity contribution in [2.24, 2.45) is 0 Å². The van der Waals surface area contributed by atoms with Gasteiger partial charge in [0.05, 0.1) is 5.75 Å². The molecule has 0 heterocycles. The van der Waals surface area contributed by atoms with Crippen molar-refractivity contribution in [2.75, 3.05) is 11.5 Å². The number of nitrogens with one attached hydrogen (secondary N) is 1. The van der Waals surface area contributed by atoms with Crippen molar-refractivity contribution >= 4 is 23.4 Å². The zero-order valence-electron chi connectivity index (χ0n) is 11.1. The summed E-state index contributed by atoms with van der Waals surface area (Å²) in [6.45, 7) is 0.130. The number of rotatable bonds is 5. The first kappa shape index (κ1) is 15.3. The molecule has 1 amide bonds. The maximum atomic E-state index is 13.4. The van der Waals surface area contributed by atoms with Gasteiger partial charge in [-0.15, -0.1) is 11.8 Å². The van der Waals surface area contributed by atoms with Crippen LogP contribution < -0.4 is 11.1 Å². The van der Waals surface area contributed by atoms with Gasteiger partial charge in [0.2, 0.25) is 5.91 Å². The second kappa shape index (κ2) is 7.08. The fraction of sp³-hybridized carbons (Fsp3) is 0.133. The number of thioether (sulfide) groups is 1. The van der Waals surface area contributed by atoms with E-state index in [1.165, 1.54) is 36.0 Å². The summed E-state index contributed by atoms with van der Waals surface area (Å²) in [6.07, 6.45) is 0. The molecular weight excluding hydrogens is 294 g/mol. The normalized spacial score (nSPS) is 10.4. The topological polar surface area (TPSA) is 55.1 Å². The molecular formula is C15H14F2N2OS. The largest absolute Gasteiger partial charge is 0.398 e. The summed E-state index contributed by atoms with van der Waals surface area (Å²) in [7, 11) is 0.